The van der Waals surface area contributed by atoms with Gasteiger partial charge in [0.15, 0.2) is 0 Å². The second-order valence-electron chi connectivity index (χ2n) is 6.38. The number of rotatable bonds is 6. The Morgan fingerprint density at radius 3 is 2.39 bits per heavy atom. The standard InChI is InChI=1S/C20H26N2O/c23-16-18-15-22(13-11-17-7-3-1-4-8-17)14-12-20(18)21-19-9-5-2-6-10-19/h1-10,18,20-21,23H,11-16H2/t18-,20+/m1/s1. The zero-order valence-corrected chi connectivity index (χ0v) is 13.6. The fourth-order valence-electron chi connectivity index (χ4n) is 3.37. The van der Waals surface area contributed by atoms with Gasteiger partial charge in [-0.25, -0.2) is 0 Å². The van der Waals surface area contributed by atoms with E-state index in [-0.39, 0.29) is 6.61 Å². The molecule has 2 atom stereocenters. The molecule has 3 heteroatoms. The number of hydrogen-bond donors (Lipinski definition) is 2. The Labute approximate surface area is 139 Å². The van der Waals surface area contributed by atoms with Gasteiger partial charge in [-0.05, 0) is 30.5 Å². The minimum absolute atomic E-state index is 0.242. The Bertz CT molecular complexity index is 573. The van der Waals surface area contributed by atoms with Crippen LogP contribution in [0.25, 0.3) is 0 Å². The van der Waals surface area contributed by atoms with Crippen molar-refractivity contribution in [2.24, 2.45) is 5.92 Å². The monoisotopic (exact) mass is 310 g/mol. The van der Waals surface area contributed by atoms with Gasteiger partial charge in [0.25, 0.3) is 0 Å². The predicted molar refractivity (Wildman–Crippen MR) is 95.6 cm³/mol. The maximum absolute atomic E-state index is 9.78. The second kappa shape index (κ2) is 8.14. The molecule has 0 aromatic heterocycles. The largest absolute Gasteiger partial charge is 0.396 e. The number of aliphatic hydroxyl groups excluding tert-OH is 1. The molecule has 0 spiro atoms. The predicted octanol–water partition coefficient (Wildman–Crippen LogP) is 3.02. The van der Waals surface area contributed by atoms with E-state index in [2.05, 4.69) is 52.7 Å². The molecule has 3 nitrogen and oxygen atoms in total. The van der Waals surface area contributed by atoms with Crippen molar-refractivity contribution in [3.63, 3.8) is 0 Å². The van der Waals surface area contributed by atoms with Crippen LogP contribution in [0.5, 0.6) is 0 Å². The van der Waals surface area contributed by atoms with E-state index in [1.165, 1.54) is 5.56 Å². The van der Waals surface area contributed by atoms with Gasteiger partial charge in [0.05, 0.1) is 0 Å². The minimum Gasteiger partial charge on any atom is -0.396 e. The molecule has 0 saturated carbocycles. The molecule has 2 aromatic carbocycles. The molecule has 0 aliphatic carbocycles. The van der Waals surface area contributed by atoms with Crippen LogP contribution in [0.2, 0.25) is 0 Å². The lowest BCUT2D eigenvalue weighted by molar-refractivity contribution is 0.111. The number of nitrogens with zero attached hydrogens (tertiary/aromatic N) is 1. The van der Waals surface area contributed by atoms with E-state index in [0.717, 1.165) is 38.2 Å². The van der Waals surface area contributed by atoms with Crippen LogP contribution in [0.15, 0.2) is 60.7 Å². The van der Waals surface area contributed by atoms with Crippen molar-refractivity contribution in [1.29, 1.82) is 0 Å². The Morgan fingerprint density at radius 2 is 1.70 bits per heavy atom. The van der Waals surface area contributed by atoms with E-state index in [1.807, 2.05) is 18.2 Å². The summed E-state index contributed by atoms with van der Waals surface area (Å²) < 4.78 is 0. The number of benzene rings is 2. The van der Waals surface area contributed by atoms with E-state index < -0.39 is 0 Å². The highest BCUT2D eigenvalue weighted by atomic mass is 16.3. The van der Waals surface area contributed by atoms with Gasteiger partial charge in [-0.1, -0.05) is 48.5 Å². The van der Waals surface area contributed by atoms with Gasteiger partial charge >= 0.3 is 0 Å². The van der Waals surface area contributed by atoms with Crippen LogP contribution in [0, 0.1) is 5.92 Å². The molecule has 122 valence electrons. The van der Waals surface area contributed by atoms with Crippen LogP contribution in [0.4, 0.5) is 5.69 Å². The summed E-state index contributed by atoms with van der Waals surface area (Å²) in [6.07, 6.45) is 2.16. The first kappa shape index (κ1) is 16.0. The molecular formula is C20H26N2O. The number of likely N-dealkylation sites (tertiary alicyclic amines) is 1. The lowest BCUT2D eigenvalue weighted by Gasteiger charge is -2.38. The smallest absolute Gasteiger partial charge is 0.0491 e. The molecule has 0 radical (unpaired) electrons. The third-order valence-corrected chi connectivity index (χ3v) is 4.74. The van der Waals surface area contributed by atoms with E-state index in [9.17, 15) is 5.11 Å². The molecule has 1 aliphatic heterocycles. The Kier molecular flexibility index (Phi) is 5.67. The van der Waals surface area contributed by atoms with Gasteiger partial charge in [-0.3, -0.25) is 0 Å². The number of hydrogen-bond acceptors (Lipinski definition) is 3. The number of para-hydroxylation sites is 1. The van der Waals surface area contributed by atoms with Crippen LogP contribution in [-0.4, -0.2) is 42.3 Å². The molecule has 0 amide bonds. The molecule has 3 rings (SSSR count). The molecule has 0 bridgehead atoms. The van der Waals surface area contributed by atoms with E-state index >= 15 is 0 Å². The average Bonchev–Trinajstić information content (AvgIpc) is 2.62. The van der Waals surface area contributed by atoms with Crippen LogP contribution in [0.3, 0.4) is 0 Å². The molecule has 1 heterocycles. The number of aliphatic hydroxyl groups is 1. The lowest BCUT2D eigenvalue weighted by Crippen LogP contribution is -2.48. The first-order valence-corrected chi connectivity index (χ1v) is 8.54. The normalized spacial score (nSPS) is 22.0. The van der Waals surface area contributed by atoms with Crippen molar-refractivity contribution >= 4 is 5.69 Å². The maximum atomic E-state index is 9.78. The van der Waals surface area contributed by atoms with Gasteiger partial charge in [-0.2, -0.15) is 0 Å². The topological polar surface area (TPSA) is 35.5 Å². The van der Waals surface area contributed by atoms with Gasteiger partial charge < -0.3 is 15.3 Å². The van der Waals surface area contributed by atoms with Gasteiger partial charge in [0.1, 0.15) is 0 Å². The molecule has 2 N–H and O–H groups in total. The van der Waals surface area contributed by atoms with Crippen LogP contribution >= 0.6 is 0 Å². The summed E-state index contributed by atoms with van der Waals surface area (Å²) >= 11 is 0. The van der Waals surface area contributed by atoms with Crippen molar-refractivity contribution < 1.29 is 5.11 Å². The number of piperidine rings is 1. The first-order chi connectivity index (χ1) is 11.3. The third-order valence-electron chi connectivity index (χ3n) is 4.74. The fraction of sp³-hybridized carbons (Fsp3) is 0.400. The summed E-state index contributed by atoms with van der Waals surface area (Å²) in [7, 11) is 0. The Hall–Kier alpha value is -1.84. The van der Waals surface area contributed by atoms with Crippen molar-refractivity contribution in [2.75, 3.05) is 31.6 Å². The molecule has 23 heavy (non-hydrogen) atoms. The summed E-state index contributed by atoms with van der Waals surface area (Å²) in [5, 5.41) is 13.4. The second-order valence-corrected chi connectivity index (χ2v) is 6.38. The van der Waals surface area contributed by atoms with Crippen LogP contribution in [-0.2, 0) is 6.42 Å². The van der Waals surface area contributed by atoms with Crippen molar-refractivity contribution in [3.8, 4) is 0 Å². The molecule has 1 saturated heterocycles. The lowest BCUT2D eigenvalue weighted by atomic mass is 9.92. The SMILES string of the molecule is OC[C@H]1CN(CCc2ccccc2)CC[C@@H]1Nc1ccccc1. The highest BCUT2D eigenvalue weighted by Gasteiger charge is 2.28. The van der Waals surface area contributed by atoms with Crippen LogP contribution in [0.1, 0.15) is 12.0 Å². The van der Waals surface area contributed by atoms with E-state index in [0.29, 0.717) is 12.0 Å². The third kappa shape index (κ3) is 4.57. The molecule has 1 aliphatic rings. The first-order valence-electron chi connectivity index (χ1n) is 8.54. The fourth-order valence-corrected chi connectivity index (χ4v) is 3.37. The van der Waals surface area contributed by atoms with Gasteiger partial charge in [0, 0.05) is 43.9 Å². The number of anilines is 1. The minimum atomic E-state index is 0.242. The zero-order valence-electron chi connectivity index (χ0n) is 13.6. The van der Waals surface area contributed by atoms with Gasteiger partial charge in [-0.15, -0.1) is 0 Å². The summed E-state index contributed by atoms with van der Waals surface area (Å²) in [5.41, 5.74) is 2.53. The van der Waals surface area contributed by atoms with Crippen molar-refractivity contribution in [3.05, 3.63) is 66.2 Å². The molecule has 2 aromatic rings. The summed E-state index contributed by atoms with van der Waals surface area (Å²) in [5.74, 6) is 0.291. The highest BCUT2D eigenvalue weighted by Crippen LogP contribution is 2.21. The molecule has 1 fully saturated rings. The summed E-state index contributed by atoms with van der Waals surface area (Å²) in [4.78, 5) is 2.48. The number of nitrogens with one attached hydrogen (secondary N) is 1. The summed E-state index contributed by atoms with van der Waals surface area (Å²) in [6, 6.07) is 21.3. The average molecular weight is 310 g/mol. The van der Waals surface area contributed by atoms with Crippen molar-refractivity contribution in [2.45, 2.75) is 18.9 Å². The van der Waals surface area contributed by atoms with Crippen LogP contribution < -0.4 is 5.32 Å². The highest BCUT2D eigenvalue weighted by molar-refractivity contribution is 5.43. The Balaban J connectivity index is 1.52. The van der Waals surface area contributed by atoms with Crippen molar-refractivity contribution in [1.82, 2.24) is 4.90 Å². The Morgan fingerprint density at radius 1 is 1.00 bits per heavy atom. The molecule has 0 unspecified atom stereocenters. The van der Waals surface area contributed by atoms with E-state index in [4.69, 9.17) is 0 Å². The maximum Gasteiger partial charge on any atom is 0.0491 e. The van der Waals surface area contributed by atoms with E-state index in [1.54, 1.807) is 0 Å². The zero-order chi connectivity index (χ0) is 15.9. The summed E-state index contributed by atoms with van der Waals surface area (Å²) in [6.45, 7) is 3.37. The van der Waals surface area contributed by atoms with Gasteiger partial charge in [0.2, 0.25) is 0 Å². The quantitative estimate of drug-likeness (QED) is 0.861. The molecular weight excluding hydrogens is 284 g/mol.